The third-order valence-electron chi connectivity index (χ3n) is 3.08. The van der Waals surface area contributed by atoms with Crippen molar-refractivity contribution in [2.75, 3.05) is 13.2 Å². The van der Waals surface area contributed by atoms with Gasteiger partial charge in [0.2, 0.25) is 0 Å². The molecule has 3 atom stereocenters. The van der Waals surface area contributed by atoms with Gasteiger partial charge in [-0.3, -0.25) is 0 Å². The molecule has 16 heavy (non-hydrogen) atoms. The molecule has 2 aliphatic heterocycles. The predicted molar refractivity (Wildman–Crippen MR) is 59.1 cm³/mol. The number of fused-ring (bicyclic) bond motifs is 2. The number of likely N-dealkylation sites (tertiary alicyclic amines) is 1. The summed E-state index contributed by atoms with van der Waals surface area (Å²) in [6.07, 6.45) is 0.657. The standard InChI is InChI=1S/C11H20N2O3/c1-11(2,3)16-10(15)13-5-7-4-9(13)8(6-14)12-7/h7-9,12,14H,4-6H2,1-3H3/t7-,8-,9-/m1/s1. The third-order valence-corrected chi connectivity index (χ3v) is 3.08. The Morgan fingerprint density at radius 1 is 1.56 bits per heavy atom. The monoisotopic (exact) mass is 228 g/mol. The van der Waals surface area contributed by atoms with E-state index in [9.17, 15) is 9.90 Å². The van der Waals surface area contributed by atoms with Crippen molar-refractivity contribution < 1.29 is 14.6 Å². The average molecular weight is 228 g/mol. The number of carbonyl (C=O) groups is 1. The van der Waals surface area contributed by atoms with Crippen molar-refractivity contribution in [3.8, 4) is 0 Å². The predicted octanol–water partition coefficient (Wildman–Crippen LogP) is 0.329. The highest BCUT2D eigenvalue weighted by Crippen LogP contribution is 2.29. The molecule has 0 aromatic heterocycles. The number of hydrogen-bond acceptors (Lipinski definition) is 4. The maximum atomic E-state index is 11.9. The molecule has 0 aromatic rings. The van der Waals surface area contributed by atoms with Gasteiger partial charge in [-0.25, -0.2) is 4.79 Å². The second kappa shape index (κ2) is 3.89. The Bertz CT molecular complexity index is 287. The van der Waals surface area contributed by atoms with Crippen LogP contribution in [0.3, 0.4) is 0 Å². The molecule has 2 heterocycles. The van der Waals surface area contributed by atoms with Crippen molar-refractivity contribution in [1.29, 1.82) is 0 Å². The number of nitrogens with one attached hydrogen (secondary N) is 1. The molecule has 0 radical (unpaired) electrons. The Hall–Kier alpha value is -0.810. The first-order chi connectivity index (χ1) is 7.40. The van der Waals surface area contributed by atoms with Gasteiger partial charge >= 0.3 is 6.09 Å². The summed E-state index contributed by atoms with van der Waals surface area (Å²) in [6, 6.07) is 0.408. The average Bonchev–Trinajstić information content (AvgIpc) is 2.72. The van der Waals surface area contributed by atoms with Crippen LogP contribution in [0.5, 0.6) is 0 Å². The summed E-state index contributed by atoms with van der Waals surface area (Å²) in [4.78, 5) is 13.6. The fourth-order valence-corrected chi connectivity index (χ4v) is 2.49. The van der Waals surface area contributed by atoms with Crippen LogP contribution >= 0.6 is 0 Å². The molecule has 5 heteroatoms. The van der Waals surface area contributed by atoms with Gasteiger partial charge in [0, 0.05) is 12.6 Å². The van der Waals surface area contributed by atoms with Gasteiger partial charge in [-0.05, 0) is 27.2 Å². The first-order valence-corrected chi connectivity index (χ1v) is 5.77. The normalized spacial score (nSPS) is 33.2. The number of carbonyl (C=O) groups excluding carboxylic acids is 1. The zero-order valence-electron chi connectivity index (χ0n) is 10.1. The number of rotatable bonds is 1. The van der Waals surface area contributed by atoms with Crippen LogP contribution in [0, 0.1) is 0 Å². The van der Waals surface area contributed by atoms with Crippen LogP contribution in [0.2, 0.25) is 0 Å². The van der Waals surface area contributed by atoms with Crippen LogP contribution in [0.1, 0.15) is 27.2 Å². The highest BCUT2D eigenvalue weighted by molar-refractivity contribution is 5.69. The second-order valence-corrected chi connectivity index (χ2v) is 5.59. The van der Waals surface area contributed by atoms with Gasteiger partial charge in [0.25, 0.3) is 0 Å². The van der Waals surface area contributed by atoms with Crippen molar-refractivity contribution in [1.82, 2.24) is 10.2 Å². The third kappa shape index (κ3) is 2.15. The van der Waals surface area contributed by atoms with Crippen molar-refractivity contribution in [3.63, 3.8) is 0 Å². The quantitative estimate of drug-likeness (QED) is 0.679. The first kappa shape index (κ1) is 11.7. The number of nitrogens with zero attached hydrogens (tertiary/aromatic N) is 1. The van der Waals surface area contributed by atoms with E-state index in [1.165, 1.54) is 0 Å². The number of ether oxygens (including phenoxy) is 1. The lowest BCUT2D eigenvalue weighted by atomic mass is 10.1. The molecule has 1 amide bonds. The highest BCUT2D eigenvalue weighted by atomic mass is 16.6. The van der Waals surface area contributed by atoms with Crippen LogP contribution in [0.25, 0.3) is 0 Å². The molecule has 0 saturated carbocycles. The van der Waals surface area contributed by atoms with Gasteiger partial charge in [0.15, 0.2) is 0 Å². The molecule has 0 spiro atoms. The van der Waals surface area contributed by atoms with Crippen molar-refractivity contribution in [3.05, 3.63) is 0 Å². The van der Waals surface area contributed by atoms with E-state index in [-0.39, 0.29) is 24.8 Å². The molecule has 0 aliphatic carbocycles. The minimum atomic E-state index is -0.457. The number of piperazine rings is 1. The largest absolute Gasteiger partial charge is 0.444 e. The molecule has 5 nitrogen and oxygen atoms in total. The summed E-state index contributed by atoms with van der Waals surface area (Å²) >= 11 is 0. The Labute approximate surface area is 95.8 Å². The van der Waals surface area contributed by atoms with Crippen LogP contribution in [-0.4, -0.2) is 53.0 Å². The molecule has 92 valence electrons. The zero-order chi connectivity index (χ0) is 11.9. The Morgan fingerprint density at radius 2 is 2.25 bits per heavy atom. The van der Waals surface area contributed by atoms with E-state index in [4.69, 9.17) is 4.74 Å². The lowest BCUT2D eigenvalue weighted by molar-refractivity contribution is 0.0140. The van der Waals surface area contributed by atoms with E-state index in [1.54, 1.807) is 4.90 Å². The summed E-state index contributed by atoms with van der Waals surface area (Å²) in [5, 5.41) is 12.5. The Balaban J connectivity index is 1.99. The van der Waals surface area contributed by atoms with Gasteiger partial charge in [-0.15, -0.1) is 0 Å². The van der Waals surface area contributed by atoms with Crippen molar-refractivity contribution in [2.24, 2.45) is 0 Å². The molecule has 2 aliphatic rings. The van der Waals surface area contributed by atoms with Gasteiger partial charge in [-0.2, -0.15) is 0 Å². The van der Waals surface area contributed by atoms with E-state index in [1.807, 2.05) is 20.8 Å². The van der Waals surface area contributed by atoms with Gasteiger partial charge in [0.05, 0.1) is 18.7 Å². The molecular formula is C11H20N2O3. The highest BCUT2D eigenvalue weighted by Gasteiger charge is 2.47. The van der Waals surface area contributed by atoms with Crippen molar-refractivity contribution in [2.45, 2.75) is 50.9 Å². The number of aliphatic hydroxyl groups excluding tert-OH is 1. The number of hydrogen-bond donors (Lipinski definition) is 2. The molecule has 0 aromatic carbocycles. The Kier molecular flexibility index (Phi) is 2.84. The van der Waals surface area contributed by atoms with Crippen molar-refractivity contribution >= 4 is 6.09 Å². The summed E-state index contributed by atoms with van der Waals surface area (Å²) < 4.78 is 5.34. The van der Waals surface area contributed by atoms with E-state index in [0.717, 1.165) is 6.42 Å². The molecule has 2 bridgehead atoms. The molecule has 2 rings (SSSR count). The van der Waals surface area contributed by atoms with E-state index < -0.39 is 5.60 Å². The molecule has 2 saturated heterocycles. The maximum Gasteiger partial charge on any atom is 0.410 e. The minimum Gasteiger partial charge on any atom is -0.444 e. The van der Waals surface area contributed by atoms with Crippen LogP contribution in [0.4, 0.5) is 4.79 Å². The first-order valence-electron chi connectivity index (χ1n) is 5.77. The SMILES string of the molecule is CC(C)(C)OC(=O)N1C[C@H]2C[C@@H]1[C@@H](CO)N2. The molecule has 2 fully saturated rings. The van der Waals surface area contributed by atoms with Gasteiger partial charge < -0.3 is 20.1 Å². The summed E-state index contributed by atoms with van der Waals surface area (Å²) in [5.74, 6) is 0. The number of amides is 1. The van der Waals surface area contributed by atoms with Gasteiger partial charge in [0.1, 0.15) is 5.60 Å². The van der Waals surface area contributed by atoms with E-state index in [0.29, 0.717) is 12.6 Å². The number of aliphatic hydroxyl groups is 1. The Morgan fingerprint density at radius 3 is 2.75 bits per heavy atom. The van der Waals surface area contributed by atoms with Crippen LogP contribution < -0.4 is 5.32 Å². The summed E-state index contributed by atoms with van der Waals surface area (Å²) in [6.45, 7) is 6.35. The lowest BCUT2D eigenvalue weighted by Gasteiger charge is -2.34. The molecule has 2 N–H and O–H groups in total. The van der Waals surface area contributed by atoms with Crippen LogP contribution in [0.15, 0.2) is 0 Å². The fourth-order valence-electron chi connectivity index (χ4n) is 2.49. The molecular weight excluding hydrogens is 208 g/mol. The minimum absolute atomic E-state index is 0.00580. The van der Waals surface area contributed by atoms with Gasteiger partial charge in [-0.1, -0.05) is 0 Å². The summed E-state index contributed by atoms with van der Waals surface area (Å²) in [5.41, 5.74) is -0.457. The summed E-state index contributed by atoms with van der Waals surface area (Å²) in [7, 11) is 0. The fraction of sp³-hybridized carbons (Fsp3) is 0.909. The zero-order valence-corrected chi connectivity index (χ0v) is 10.1. The van der Waals surface area contributed by atoms with E-state index in [2.05, 4.69) is 5.32 Å². The van der Waals surface area contributed by atoms with Crippen LogP contribution in [-0.2, 0) is 4.74 Å². The molecule has 0 unspecified atom stereocenters. The lowest BCUT2D eigenvalue weighted by Crippen LogP contribution is -2.55. The smallest absolute Gasteiger partial charge is 0.410 e. The van der Waals surface area contributed by atoms with E-state index >= 15 is 0 Å². The maximum absolute atomic E-state index is 11.9. The second-order valence-electron chi connectivity index (χ2n) is 5.59. The topological polar surface area (TPSA) is 61.8 Å².